The number of amides is 1. The van der Waals surface area contributed by atoms with Crippen LogP contribution in [-0.4, -0.2) is 35.1 Å². The van der Waals surface area contributed by atoms with Crippen LogP contribution in [0.2, 0.25) is 0 Å². The van der Waals surface area contributed by atoms with Gasteiger partial charge in [0.1, 0.15) is 0 Å². The molecule has 6 heteroatoms. The van der Waals surface area contributed by atoms with Crippen LogP contribution in [0.3, 0.4) is 0 Å². The average molecular weight is 235 g/mol. The van der Waals surface area contributed by atoms with Crippen LogP contribution < -0.4 is 10.2 Å². The lowest BCUT2D eigenvalue weighted by molar-refractivity contribution is -0.115. The number of carbonyl (C=O) groups excluding carboxylic acids is 1. The fourth-order valence-corrected chi connectivity index (χ4v) is 1.81. The largest absolute Gasteiger partial charge is 0.478 e. The third-order valence-corrected chi connectivity index (χ3v) is 2.52. The van der Waals surface area contributed by atoms with Crippen LogP contribution >= 0.6 is 0 Å². The maximum Gasteiger partial charge on any atom is 0.337 e. The summed E-state index contributed by atoms with van der Waals surface area (Å²) in [5.41, 5.74) is 0.539. The predicted molar refractivity (Wildman–Crippen MR) is 62.3 cm³/mol. The minimum absolute atomic E-state index is 0.0717. The zero-order valence-electron chi connectivity index (χ0n) is 9.43. The molecule has 1 aliphatic heterocycles. The molecule has 90 valence electrons. The van der Waals surface area contributed by atoms with E-state index in [4.69, 9.17) is 5.11 Å². The second-order valence-corrected chi connectivity index (χ2v) is 3.87. The summed E-state index contributed by atoms with van der Waals surface area (Å²) in [5.74, 6) is -0.561. The molecule has 0 radical (unpaired) electrons. The zero-order valence-corrected chi connectivity index (χ0v) is 9.43. The number of fused-ring (bicyclic) bond motifs is 1. The molecule has 6 nitrogen and oxygen atoms in total. The molecule has 2 N–H and O–H groups in total. The molecule has 0 fully saturated rings. The Hall–Kier alpha value is -2.11. The van der Waals surface area contributed by atoms with Gasteiger partial charge in [0.2, 0.25) is 5.91 Å². The number of hydrogen-bond acceptors (Lipinski definition) is 4. The Balaban J connectivity index is 2.40. The third kappa shape index (κ3) is 2.20. The molecule has 1 aromatic rings. The summed E-state index contributed by atoms with van der Waals surface area (Å²) in [6.45, 7) is 3.00. The first-order valence-corrected chi connectivity index (χ1v) is 5.40. The van der Waals surface area contributed by atoms with Crippen LogP contribution in [0.15, 0.2) is 12.3 Å². The number of nitrogens with zero attached hydrogens (tertiary/aromatic N) is 2. The summed E-state index contributed by atoms with van der Waals surface area (Å²) >= 11 is 0. The summed E-state index contributed by atoms with van der Waals surface area (Å²) in [6, 6.07) is 1.43. The van der Waals surface area contributed by atoms with Crippen LogP contribution in [0.25, 0.3) is 0 Å². The van der Waals surface area contributed by atoms with Crippen LogP contribution in [0, 0.1) is 0 Å². The van der Waals surface area contributed by atoms with Crippen molar-refractivity contribution in [1.82, 2.24) is 4.98 Å². The smallest absolute Gasteiger partial charge is 0.337 e. The highest BCUT2D eigenvalue weighted by molar-refractivity contribution is 6.01. The quantitative estimate of drug-likeness (QED) is 0.815. The lowest BCUT2D eigenvalue weighted by Gasteiger charge is -2.29. The first-order valence-electron chi connectivity index (χ1n) is 5.40. The topological polar surface area (TPSA) is 82.5 Å². The summed E-state index contributed by atoms with van der Waals surface area (Å²) in [7, 11) is 0. The highest BCUT2D eigenvalue weighted by atomic mass is 16.4. The molecule has 0 aliphatic carbocycles. The minimum Gasteiger partial charge on any atom is -0.478 e. The van der Waals surface area contributed by atoms with E-state index in [-0.39, 0.29) is 18.0 Å². The van der Waals surface area contributed by atoms with Gasteiger partial charge < -0.3 is 15.3 Å². The Morgan fingerprint density at radius 2 is 2.41 bits per heavy atom. The molecule has 1 amide bonds. The van der Waals surface area contributed by atoms with Crippen LogP contribution in [-0.2, 0) is 4.79 Å². The second kappa shape index (κ2) is 4.40. The van der Waals surface area contributed by atoms with Crippen molar-refractivity contribution in [3.63, 3.8) is 0 Å². The Labute approximate surface area is 98.3 Å². The van der Waals surface area contributed by atoms with Gasteiger partial charge in [0.25, 0.3) is 0 Å². The van der Waals surface area contributed by atoms with Crippen molar-refractivity contribution >= 4 is 23.4 Å². The van der Waals surface area contributed by atoms with E-state index in [0.29, 0.717) is 11.5 Å². The van der Waals surface area contributed by atoms with Gasteiger partial charge in [-0.05, 0) is 12.5 Å². The summed E-state index contributed by atoms with van der Waals surface area (Å²) in [4.78, 5) is 28.2. The van der Waals surface area contributed by atoms with Gasteiger partial charge in [0, 0.05) is 12.7 Å². The van der Waals surface area contributed by atoms with E-state index in [1.807, 2.05) is 11.8 Å². The first-order chi connectivity index (χ1) is 8.11. The molecule has 0 unspecified atom stereocenters. The van der Waals surface area contributed by atoms with Gasteiger partial charge in [-0.25, -0.2) is 9.78 Å². The Morgan fingerprint density at radius 3 is 3.06 bits per heavy atom. The van der Waals surface area contributed by atoms with E-state index in [1.165, 1.54) is 12.3 Å². The zero-order chi connectivity index (χ0) is 12.4. The minimum atomic E-state index is -1.05. The van der Waals surface area contributed by atoms with Crippen molar-refractivity contribution in [2.45, 2.75) is 13.3 Å². The summed E-state index contributed by atoms with van der Waals surface area (Å²) in [5, 5.41) is 11.5. The van der Waals surface area contributed by atoms with E-state index >= 15 is 0 Å². The molecule has 2 rings (SSSR count). The molecule has 0 bridgehead atoms. The number of aromatic carboxylic acids is 1. The van der Waals surface area contributed by atoms with Gasteiger partial charge in [-0.3, -0.25) is 4.79 Å². The number of carboxylic acids is 1. The molecule has 0 aromatic carbocycles. The average Bonchev–Trinajstić information content (AvgIpc) is 2.28. The summed E-state index contributed by atoms with van der Waals surface area (Å²) in [6.07, 6.45) is 2.20. The molecule has 17 heavy (non-hydrogen) atoms. The van der Waals surface area contributed by atoms with Gasteiger partial charge in [-0.2, -0.15) is 0 Å². The lowest BCUT2D eigenvalue weighted by atomic mass is 10.2. The Morgan fingerprint density at radius 1 is 1.65 bits per heavy atom. The van der Waals surface area contributed by atoms with Crippen molar-refractivity contribution in [3.05, 3.63) is 17.8 Å². The number of carbonyl (C=O) groups is 2. The van der Waals surface area contributed by atoms with E-state index in [9.17, 15) is 9.59 Å². The molecular weight excluding hydrogens is 222 g/mol. The summed E-state index contributed by atoms with van der Waals surface area (Å²) < 4.78 is 0. The second-order valence-electron chi connectivity index (χ2n) is 3.87. The van der Waals surface area contributed by atoms with E-state index in [2.05, 4.69) is 10.3 Å². The van der Waals surface area contributed by atoms with E-state index < -0.39 is 5.97 Å². The fraction of sp³-hybridized carbons (Fsp3) is 0.364. The maximum absolute atomic E-state index is 11.5. The van der Waals surface area contributed by atoms with E-state index in [0.717, 1.165) is 13.0 Å². The van der Waals surface area contributed by atoms with Crippen LogP contribution in [0.4, 0.5) is 11.5 Å². The van der Waals surface area contributed by atoms with Gasteiger partial charge in [-0.1, -0.05) is 6.92 Å². The number of pyridine rings is 1. The number of carboxylic acid groups (broad SMARTS) is 1. The lowest BCUT2D eigenvalue weighted by Crippen LogP contribution is -2.39. The SMILES string of the molecule is CCCN1CC(=O)Nc2cc(C(=O)O)cnc21. The third-order valence-electron chi connectivity index (χ3n) is 2.52. The number of nitrogens with one attached hydrogen (secondary N) is 1. The Bertz CT molecular complexity index is 473. The number of anilines is 2. The monoisotopic (exact) mass is 235 g/mol. The van der Waals surface area contributed by atoms with Crippen molar-refractivity contribution in [1.29, 1.82) is 0 Å². The van der Waals surface area contributed by atoms with Gasteiger partial charge >= 0.3 is 5.97 Å². The first kappa shape index (κ1) is 11.4. The van der Waals surface area contributed by atoms with Crippen LogP contribution in [0.5, 0.6) is 0 Å². The molecule has 0 saturated carbocycles. The van der Waals surface area contributed by atoms with Crippen LogP contribution in [0.1, 0.15) is 23.7 Å². The van der Waals surface area contributed by atoms with E-state index in [1.54, 1.807) is 0 Å². The van der Waals surface area contributed by atoms with Crippen molar-refractivity contribution in [2.24, 2.45) is 0 Å². The van der Waals surface area contributed by atoms with Gasteiger partial charge in [0.05, 0.1) is 17.8 Å². The molecule has 0 spiro atoms. The molecule has 0 saturated heterocycles. The standard InChI is InChI=1S/C11H13N3O3/c1-2-3-14-6-9(15)13-8-4-7(11(16)17)5-12-10(8)14/h4-5H,2-3,6H2,1H3,(H,13,15)(H,16,17). The predicted octanol–water partition coefficient (Wildman–Crippen LogP) is 0.948. The number of aromatic nitrogens is 1. The van der Waals surface area contributed by atoms with Gasteiger partial charge in [0.15, 0.2) is 5.82 Å². The van der Waals surface area contributed by atoms with Crippen molar-refractivity contribution < 1.29 is 14.7 Å². The fourth-order valence-electron chi connectivity index (χ4n) is 1.81. The number of rotatable bonds is 3. The molecule has 2 heterocycles. The number of hydrogen-bond donors (Lipinski definition) is 2. The van der Waals surface area contributed by atoms with Gasteiger partial charge in [-0.15, -0.1) is 0 Å². The molecule has 1 aliphatic rings. The maximum atomic E-state index is 11.5. The highest BCUT2D eigenvalue weighted by Crippen LogP contribution is 2.27. The highest BCUT2D eigenvalue weighted by Gasteiger charge is 2.23. The Kier molecular flexibility index (Phi) is 2.95. The molecule has 1 aromatic heterocycles. The molecule has 0 atom stereocenters. The molecular formula is C11H13N3O3. The normalized spacial score (nSPS) is 14.2. The van der Waals surface area contributed by atoms with Crippen molar-refractivity contribution in [3.8, 4) is 0 Å². The van der Waals surface area contributed by atoms with Crippen molar-refractivity contribution in [2.75, 3.05) is 23.3 Å².